The SMILES string of the molecule is Cn1cc(CNc2ccncc2Cl)cn1. The summed E-state index contributed by atoms with van der Waals surface area (Å²) in [6.45, 7) is 0.706. The highest BCUT2D eigenvalue weighted by molar-refractivity contribution is 6.33. The van der Waals surface area contributed by atoms with Crippen LogP contribution in [0.1, 0.15) is 5.56 Å². The van der Waals surface area contributed by atoms with Gasteiger partial charge in [-0.2, -0.15) is 5.10 Å². The van der Waals surface area contributed by atoms with E-state index in [9.17, 15) is 0 Å². The smallest absolute Gasteiger partial charge is 0.0820 e. The van der Waals surface area contributed by atoms with Crippen LogP contribution >= 0.6 is 11.6 Å². The molecule has 15 heavy (non-hydrogen) atoms. The maximum Gasteiger partial charge on any atom is 0.0820 e. The van der Waals surface area contributed by atoms with E-state index in [0.717, 1.165) is 11.3 Å². The van der Waals surface area contributed by atoms with Gasteiger partial charge in [0.25, 0.3) is 0 Å². The number of nitrogens with one attached hydrogen (secondary N) is 1. The lowest BCUT2D eigenvalue weighted by molar-refractivity contribution is 0.767. The van der Waals surface area contributed by atoms with Crippen molar-refractivity contribution in [3.05, 3.63) is 41.4 Å². The molecule has 0 bridgehead atoms. The van der Waals surface area contributed by atoms with Gasteiger partial charge in [0.15, 0.2) is 0 Å². The van der Waals surface area contributed by atoms with Crippen LogP contribution in [0, 0.1) is 0 Å². The highest BCUT2D eigenvalue weighted by Gasteiger charge is 1.99. The van der Waals surface area contributed by atoms with Gasteiger partial charge in [0.2, 0.25) is 0 Å². The van der Waals surface area contributed by atoms with Crippen molar-refractivity contribution in [1.82, 2.24) is 14.8 Å². The molecule has 4 nitrogen and oxygen atoms in total. The molecule has 0 aliphatic rings. The normalized spacial score (nSPS) is 10.3. The average Bonchev–Trinajstić information content (AvgIpc) is 2.63. The third kappa shape index (κ3) is 2.47. The molecule has 5 heteroatoms. The Morgan fingerprint density at radius 3 is 3.00 bits per heavy atom. The Balaban J connectivity index is 2.02. The van der Waals surface area contributed by atoms with Gasteiger partial charge in [0, 0.05) is 37.7 Å². The number of aryl methyl sites for hydroxylation is 1. The molecular weight excluding hydrogens is 212 g/mol. The van der Waals surface area contributed by atoms with Crippen LogP contribution in [0.2, 0.25) is 5.02 Å². The van der Waals surface area contributed by atoms with Gasteiger partial charge in [-0.25, -0.2) is 0 Å². The van der Waals surface area contributed by atoms with Crippen molar-refractivity contribution >= 4 is 17.3 Å². The molecule has 78 valence electrons. The van der Waals surface area contributed by atoms with Crippen molar-refractivity contribution in [2.75, 3.05) is 5.32 Å². The Kier molecular flexibility index (Phi) is 2.87. The molecule has 0 spiro atoms. The Hall–Kier alpha value is -1.55. The van der Waals surface area contributed by atoms with E-state index in [1.54, 1.807) is 17.1 Å². The minimum absolute atomic E-state index is 0.626. The largest absolute Gasteiger partial charge is 0.380 e. The lowest BCUT2D eigenvalue weighted by Gasteiger charge is -2.05. The molecule has 0 amide bonds. The summed E-state index contributed by atoms with van der Waals surface area (Å²) in [5.74, 6) is 0. The summed E-state index contributed by atoms with van der Waals surface area (Å²) in [4.78, 5) is 3.92. The molecule has 0 fully saturated rings. The summed E-state index contributed by atoms with van der Waals surface area (Å²) >= 11 is 5.95. The van der Waals surface area contributed by atoms with E-state index < -0.39 is 0 Å². The third-order valence-electron chi connectivity index (χ3n) is 2.01. The quantitative estimate of drug-likeness (QED) is 0.865. The molecule has 0 saturated carbocycles. The van der Waals surface area contributed by atoms with Gasteiger partial charge in [0.05, 0.1) is 16.9 Å². The number of rotatable bonds is 3. The number of halogens is 1. The summed E-state index contributed by atoms with van der Waals surface area (Å²) in [6, 6.07) is 1.85. The molecule has 2 rings (SSSR count). The van der Waals surface area contributed by atoms with Crippen LogP contribution in [0.4, 0.5) is 5.69 Å². The van der Waals surface area contributed by atoms with E-state index in [-0.39, 0.29) is 0 Å². The van der Waals surface area contributed by atoms with Crippen LogP contribution in [-0.4, -0.2) is 14.8 Å². The summed E-state index contributed by atoms with van der Waals surface area (Å²) in [6.07, 6.45) is 7.11. The van der Waals surface area contributed by atoms with Crippen molar-refractivity contribution in [2.24, 2.45) is 7.05 Å². The van der Waals surface area contributed by atoms with Crippen molar-refractivity contribution in [1.29, 1.82) is 0 Å². The Bertz CT molecular complexity index is 452. The van der Waals surface area contributed by atoms with Crippen molar-refractivity contribution < 1.29 is 0 Å². The second kappa shape index (κ2) is 4.31. The van der Waals surface area contributed by atoms with E-state index in [0.29, 0.717) is 11.6 Å². The van der Waals surface area contributed by atoms with E-state index >= 15 is 0 Å². The molecule has 2 aromatic rings. The van der Waals surface area contributed by atoms with Crippen LogP contribution in [0.15, 0.2) is 30.9 Å². The monoisotopic (exact) mass is 222 g/mol. The molecule has 0 aromatic carbocycles. The summed E-state index contributed by atoms with van der Waals surface area (Å²) < 4.78 is 1.77. The first-order valence-corrected chi connectivity index (χ1v) is 4.94. The zero-order valence-corrected chi connectivity index (χ0v) is 9.07. The lowest BCUT2D eigenvalue weighted by Crippen LogP contribution is -1.99. The van der Waals surface area contributed by atoms with Crippen molar-refractivity contribution in [3.63, 3.8) is 0 Å². The highest BCUT2D eigenvalue weighted by Crippen LogP contribution is 2.19. The molecule has 0 aliphatic carbocycles. The van der Waals surface area contributed by atoms with Gasteiger partial charge in [-0.1, -0.05) is 11.6 Å². The zero-order chi connectivity index (χ0) is 10.7. The molecule has 0 unspecified atom stereocenters. The van der Waals surface area contributed by atoms with Crippen LogP contribution in [0.25, 0.3) is 0 Å². The maximum absolute atomic E-state index is 5.95. The molecule has 0 saturated heterocycles. The maximum atomic E-state index is 5.95. The Morgan fingerprint density at radius 1 is 1.47 bits per heavy atom. The van der Waals surface area contributed by atoms with Crippen molar-refractivity contribution in [3.8, 4) is 0 Å². The summed E-state index contributed by atoms with van der Waals surface area (Å²) in [5, 5.41) is 7.93. The van der Waals surface area contributed by atoms with Gasteiger partial charge in [-0.05, 0) is 6.07 Å². The first-order chi connectivity index (χ1) is 7.25. The number of nitrogens with zero attached hydrogens (tertiary/aromatic N) is 3. The number of anilines is 1. The van der Waals surface area contributed by atoms with E-state index in [1.165, 1.54) is 0 Å². The lowest BCUT2D eigenvalue weighted by atomic mass is 10.3. The minimum atomic E-state index is 0.626. The van der Waals surface area contributed by atoms with E-state index in [4.69, 9.17) is 11.6 Å². The first-order valence-electron chi connectivity index (χ1n) is 4.56. The molecule has 1 N–H and O–H groups in total. The standard InChI is InChI=1S/C10H11ClN4/c1-15-7-8(5-14-15)4-13-10-2-3-12-6-9(10)11/h2-3,5-7H,4H2,1H3,(H,12,13). The van der Waals surface area contributed by atoms with Gasteiger partial charge in [-0.3, -0.25) is 9.67 Å². The molecule has 2 aromatic heterocycles. The number of hydrogen-bond acceptors (Lipinski definition) is 3. The van der Waals surface area contributed by atoms with Gasteiger partial charge in [0.1, 0.15) is 0 Å². The Morgan fingerprint density at radius 2 is 2.33 bits per heavy atom. The molecule has 0 radical (unpaired) electrons. The molecule has 2 heterocycles. The predicted octanol–water partition coefficient (Wildman–Crippen LogP) is 2.08. The second-order valence-electron chi connectivity index (χ2n) is 3.23. The molecular formula is C10H11ClN4. The summed E-state index contributed by atoms with van der Waals surface area (Å²) in [5.41, 5.74) is 2.00. The minimum Gasteiger partial charge on any atom is -0.380 e. The Labute approximate surface area is 92.9 Å². The van der Waals surface area contributed by atoms with Crippen LogP contribution < -0.4 is 5.32 Å². The first kappa shape index (κ1) is 9.98. The third-order valence-corrected chi connectivity index (χ3v) is 2.31. The fraction of sp³-hybridized carbons (Fsp3) is 0.200. The molecule has 0 aliphatic heterocycles. The summed E-state index contributed by atoms with van der Waals surface area (Å²) in [7, 11) is 1.89. The second-order valence-corrected chi connectivity index (χ2v) is 3.64. The van der Waals surface area contributed by atoms with Gasteiger partial charge < -0.3 is 5.32 Å². The predicted molar refractivity (Wildman–Crippen MR) is 59.8 cm³/mol. The highest BCUT2D eigenvalue weighted by atomic mass is 35.5. The van der Waals surface area contributed by atoms with E-state index in [2.05, 4.69) is 15.4 Å². The van der Waals surface area contributed by atoms with Crippen LogP contribution in [-0.2, 0) is 13.6 Å². The van der Waals surface area contributed by atoms with Gasteiger partial charge in [-0.15, -0.1) is 0 Å². The fourth-order valence-electron chi connectivity index (χ4n) is 1.28. The fourth-order valence-corrected chi connectivity index (χ4v) is 1.47. The van der Waals surface area contributed by atoms with Crippen molar-refractivity contribution in [2.45, 2.75) is 6.54 Å². The van der Waals surface area contributed by atoms with E-state index in [1.807, 2.05) is 25.5 Å². The van der Waals surface area contributed by atoms with Crippen LogP contribution in [0.5, 0.6) is 0 Å². The topological polar surface area (TPSA) is 42.7 Å². The zero-order valence-electron chi connectivity index (χ0n) is 8.31. The van der Waals surface area contributed by atoms with Gasteiger partial charge >= 0.3 is 0 Å². The molecule has 0 atom stereocenters. The number of hydrogen-bond donors (Lipinski definition) is 1. The van der Waals surface area contributed by atoms with Crippen LogP contribution in [0.3, 0.4) is 0 Å². The number of pyridine rings is 1. The average molecular weight is 223 g/mol. The number of aromatic nitrogens is 3.